The van der Waals surface area contributed by atoms with Crippen LogP contribution in [-0.4, -0.2) is 18.1 Å². The third-order valence-electron chi connectivity index (χ3n) is 2.61. The first-order valence-corrected chi connectivity index (χ1v) is 5.09. The number of hydrogen-bond donors (Lipinski definition) is 1. The lowest BCUT2D eigenvalue weighted by Gasteiger charge is -2.05. The van der Waals surface area contributed by atoms with Crippen LogP contribution in [0.3, 0.4) is 0 Å². The average molecular weight is 216 g/mol. The molecule has 1 aliphatic rings. The molecule has 0 radical (unpaired) electrons. The predicted molar refractivity (Wildman–Crippen MR) is 50.8 cm³/mol. The molecule has 0 amide bonds. The van der Waals surface area contributed by atoms with Crippen LogP contribution in [0, 0.1) is 5.92 Å². The predicted octanol–water partition coefficient (Wildman–Crippen LogP) is 1.94. The minimum absolute atomic E-state index is 0.344. The third kappa shape index (κ3) is 2.53. The molecular weight excluding hydrogens is 202 g/mol. The van der Waals surface area contributed by atoms with Crippen molar-refractivity contribution < 1.29 is 13.2 Å². The van der Waals surface area contributed by atoms with Crippen molar-refractivity contribution in [2.75, 3.05) is 13.1 Å². The fraction of sp³-hybridized carbons (Fsp3) is 0.700. The Morgan fingerprint density at radius 1 is 1.67 bits per heavy atom. The summed E-state index contributed by atoms with van der Waals surface area (Å²) < 4.78 is 30.7. The molecule has 0 aliphatic carbocycles. The number of rotatable bonds is 3. The van der Waals surface area contributed by atoms with Gasteiger partial charge in [-0.05, 0) is 25.4 Å². The number of oxazole rings is 1. The number of hydrogen-bond acceptors (Lipinski definition) is 3. The maximum Gasteiger partial charge on any atom is 0.303 e. The number of nitrogens with one attached hydrogen (secondary N) is 1. The lowest BCUT2D eigenvalue weighted by Crippen LogP contribution is -2.10. The second-order valence-electron chi connectivity index (χ2n) is 4.07. The molecule has 1 aromatic heterocycles. The van der Waals surface area contributed by atoms with Gasteiger partial charge in [-0.1, -0.05) is 0 Å². The Bertz CT molecular complexity index is 326. The second-order valence-corrected chi connectivity index (χ2v) is 4.07. The molecule has 0 aromatic carbocycles. The van der Waals surface area contributed by atoms with Crippen LogP contribution < -0.4 is 5.32 Å². The topological polar surface area (TPSA) is 38.1 Å². The Labute approximate surface area is 86.9 Å². The van der Waals surface area contributed by atoms with Gasteiger partial charge in [-0.25, -0.2) is 4.98 Å². The molecule has 0 spiro atoms. The highest BCUT2D eigenvalue weighted by Crippen LogP contribution is 2.28. The lowest BCUT2D eigenvalue weighted by atomic mass is 10.1. The van der Waals surface area contributed by atoms with E-state index in [4.69, 9.17) is 4.42 Å². The van der Waals surface area contributed by atoms with Gasteiger partial charge in [0, 0.05) is 13.3 Å². The van der Waals surface area contributed by atoms with Crippen molar-refractivity contribution in [3.05, 3.63) is 17.8 Å². The van der Waals surface area contributed by atoms with Crippen LogP contribution in [-0.2, 0) is 12.3 Å². The number of aromatic nitrogens is 1. The zero-order valence-corrected chi connectivity index (χ0v) is 8.59. The SMILES string of the molecule is CC(F)(F)c1cnc(CC2CCNC2)o1. The number of halogens is 2. The Balaban J connectivity index is 2.00. The molecule has 3 nitrogen and oxygen atoms in total. The number of alkyl halides is 2. The zero-order valence-electron chi connectivity index (χ0n) is 8.59. The van der Waals surface area contributed by atoms with Crippen molar-refractivity contribution in [2.24, 2.45) is 5.92 Å². The van der Waals surface area contributed by atoms with Crippen molar-refractivity contribution in [3.8, 4) is 0 Å². The van der Waals surface area contributed by atoms with Crippen molar-refractivity contribution >= 4 is 0 Å². The van der Waals surface area contributed by atoms with Crippen molar-refractivity contribution in [1.82, 2.24) is 10.3 Å². The molecule has 84 valence electrons. The van der Waals surface area contributed by atoms with E-state index in [-0.39, 0.29) is 5.76 Å². The largest absolute Gasteiger partial charge is 0.439 e. The highest BCUT2D eigenvalue weighted by molar-refractivity contribution is 5.01. The smallest absolute Gasteiger partial charge is 0.303 e. The van der Waals surface area contributed by atoms with E-state index in [2.05, 4.69) is 10.3 Å². The fourth-order valence-corrected chi connectivity index (χ4v) is 1.74. The van der Waals surface area contributed by atoms with Gasteiger partial charge >= 0.3 is 5.92 Å². The lowest BCUT2D eigenvalue weighted by molar-refractivity contribution is -0.00639. The fourth-order valence-electron chi connectivity index (χ4n) is 1.74. The van der Waals surface area contributed by atoms with Crippen molar-refractivity contribution in [2.45, 2.75) is 25.7 Å². The summed E-state index contributed by atoms with van der Waals surface area (Å²) in [6, 6.07) is 0. The highest BCUT2D eigenvalue weighted by Gasteiger charge is 2.30. The molecule has 1 aliphatic heterocycles. The second kappa shape index (κ2) is 3.89. The summed E-state index contributed by atoms with van der Waals surface area (Å²) in [7, 11) is 0. The van der Waals surface area contributed by atoms with Gasteiger partial charge in [0.15, 0.2) is 11.7 Å². The molecule has 1 saturated heterocycles. The summed E-state index contributed by atoms with van der Waals surface area (Å²) in [5.74, 6) is -2.40. The van der Waals surface area contributed by atoms with Crippen LogP contribution in [0.1, 0.15) is 25.0 Å². The molecule has 5 heteroatoms. The molecule has 2 heterocycles. The summed E-state index contributed by atoms with van der Waals surface area (Å²) in [5, 5.41) is 3.21. The van der Waals surface area contributed by atoms with Gasteiger partial charge in [-0.15, -0.1) is 0 Å². The monoisotopic (exact) mass is 216 g/mol. The Morgan fingerprint density at radius 2 is 2.47 bits per heavy atom. The van der Waals surface area contributed by atoms with E-state index in [1.807, 2.05) is 0 Å². The van der Waals surface area contributed by atoms with E-state index in [0.29, 0.717) is 18.2 Å². The Hall–Kier alpha value is -0.970. The minimum Gasteiger partial charge on any atom is -0.439 e. The molecule has 2 rings (SSSR count). The zero-order chi connectivity index (χ0) is 10.9. The van der Waals surface area contributed by atoms with Crippen LogP contribution in [0.4, 0.5) is 8.78 Å². The molecule has 1 atom stereocenters. The molecule has 1 unspecified atom stereocenters. The molecule has 0 bridgehead atoms. The maximum absolute atomic E-state index is 12.8. The van der Waals surface area contributed by atoms with E-state index < -0.39 is 5.92 Å². The molecule has 1 fully saturated rings. The molecule has 1 aromatic rings. The van der Waals surface area contributed by atoms with Gasteiger partial charge in [0.05, 0.1) is 6.20 Å². The van der Waals surface area contributed by atoms with Gasteiger partial charge in [0.25, 0.3) is 0 Å². The van der Waals surface area contributed by atoms with Crippen molar-refractivity contribution in [1.29, 1.82) is 0 Å². The third-order valence-corrected chi connectivity index (χ3v) is 2.61. The van der Waals surface area contributed by atoms with E-state index in [0.717, 1.165) is 32.6 Å². The van der Waals surface area contributed by atoms with Crippen LogP contribution in [0.15, 0.2) is 10.6 Å². The first-order chi connectivity index (χ1) is 7.05. The molecule has 0 saturated carbocycles. The summed E-state index contributed by atoms with van der Waals surface area (Å²) in [6.45, 7) is 2.72. The Morgan fingerprint density at radius 3 is 3.00 bits per heavy atom. The highest BCUT2D eigenvalue weighted by atomic mass is 19.3. The van der Waals surface area contributed by atoms with Gasteiger partial charge in [-0.3, -0.25) is 0 Å². The summed E-state index contributed by atoms with van der Waals surface area (Å²) in [5.41, 5.74) is 0. The van der Waals surface area contributed by atoms with E-state index in [1.54, 1.807) is 0 Å². The molecular formula is C10H14F2N2O. The molecule has 1 N–H and O–H groups in total. The van der Waals surface area contributed by atoms with Gasteiger partial charge in [0.2, 0.25) is 0 Å². The Kier molecular flexibility index (Phi) is 2.73. The van der Waals surface area contributed by atoms with Gasteiger partial charge in [0.1, 0.15) is 0 Å². The van der Waals surface area contributed by atoms with Crippen molar-refractivity contribution in [3.63, 3.8) is 0 Å². The first-order valence-electron chi connectivity index (χ1n) is 5.09. The van der Waals surface area contributed by atoms with E-state index in [9.17, 15) is 8.78 Å². The van der Waals surface area contributed by atoms with E-state index in [1.165, 1.54) is 0 Å². The quantitative estimate of drug-likeness (QED) is 0.839. The van der Waals surface area contributed by atoms with Gasteiger partial charge < -0.3 is 9.73 Å². The van der Waals surface area contributed by atoms with Crippen LogP contribution in [0.5, 0.6) is 0 Å². The number of nitrogens with zero attached hydrogens (tertiary/aromatic N) is 1. The summed E-state index contributed by atoms with van der Waals surface area (Å²) >= 11 is 0. The first kappa shape index (κ1) is 10.5. The summed E-state index contributed by atoms with van der Waals surface area (Å²) in [4.78, 5) is 3.87. The van der Waals surface area contributed by atoms with Crippen LogP contribution >= 0.6 is 0 Å². The van der Waals surface area contributed by atoms with Gasteiger partial charge in [-0.2, -0.15) is 8.78 Å². The van der Waals surface area contributed by atoms with E-state index >= 15 is 0 Å². The summed E-state index contributed by atoms with van der Waals surface area (Å²) in [6.07, 6.45) is 2.82. The van der Waals surface area contributed by atoms with Crippen LogP contribution in [0.25, 0.3) is 0 Å². The standard InChI is InChI=1S/C10H14F2N2O/c1-10(11,12)8-6-14-9(15-8)4-7-2-3-13-5-7/h6-7,13H,2-5H2,1H3. The molecule has 15 heavy (non-hydrogen) atoms. The maximum atomic E-state index is 12.8. The minimum atomic E-state index is -2.93. The average Bonchev–Trinajstić information content (AvgIpc) is 2.73. The van der Waals surface area contributed by atoms with Crippen LogP contribution in [0.2, 0.25) is 0 Å². The normalized spacial score (nSPS) is 22.2.